The van der Waals surface area contributed by atoms with E-state index >= 15 is 0 Å². The molecule has 0 aromatic rings. The van der Waals surface area contributed by atoms with Crippen LogP contribution in [-0.4, -0.2) is 61.1 Å². The minimum Gasteiger partial charge on any atom is -0.352 e. The fourth-order valence-electron chi connectivity index (χ4n) is 2.97. The SMILES string of the molecule is O=C(CNCCN1CCSCC1)NC1CCCCCC1. The molecular weight excluding hydrogens is 270 g/mol. The highest BCUT2D eigenvalue weighted by atomic mass is 32.2. The van der Waals surface area contributed by atoms with Crippen LogP contribution in [0.2, 0.25) is 0 Å². The fourth-order valence-corrected chi connectivity index (χ4v) is 3.94. The summed E-state index contributed by atoms with van der Waals surface area (Å²) in [5.74, 6) is 2.68. The van der Waals surface area contributed by atoms with Crippen LogP contribution in [0.15, 0.2) is 0 Å². The number of rotatable bonds is 6. The lowest BCUT2D eigenvalue weighted by atomic mass is 10.1. The van der Waals surface area contributed by atoms with E-state index in [4.69, 9.17) is 0 Å². The zero-order valence-corrected chi connectivity index (χ0v) is 13.3. The standard InChI is InChI=1S/C15H29N3OS/c19-15(17-14-5-3-1-2-4-6-14)13-16-7-8-18-9-11-20-12-10-18/h14,16H,1-13H2,(H,17,19). The van der Waals surface area contributed by atoms with E-state index in [0.29, 0.717) is 12.6 Å². The number of nitrogens with zero attached hydrogens (tertiary/aromatic N) is 1. The Labute approximate surface area is 127 Å². The van der Waals surface area contributed by atoms with Crippen LogP contribution >= 0.6 is 11.8 Å². The Hall–Kier alpha value is -0.260. The van der Waals surface area contributed by atoms with Gasteiger partial charge in [-0.2, -0.15) is 11.8 Å². The van der Waals surface area contributed by atoms with Crippen LogP contribution < -0.4 is 10.6 Å². The van der Waals surface area contributed by atoms with E-state index in [2.05, 4.69) is 15.5 Å². The number of hydrogen-bond acceptors (Lipinski definition) is 4. The molecule has 0 unspecified atom stereocenters. The quantitative estimate of drug-likeness (QED) is 0.576. The topological polar surface area (TPSA) is 44.4 Å². The first kappa shape index (κ1) is 16.1. The summed E-state index contributed by atoms with van der Waals surface area (Å²) in [5, 5.41) is 6.46. The van der Waals surface area contributed by atoms with Crippen LogP contribution in [0, 0.1) is 0 Å². The van der Waals surface area contributed by atoms with Crippen LogP contribution in [0.5, 0.6) is 0 Å². The predicted octanol–water partition coefficient (Wildman–Crippen LogP) is 1.46. The molecule has 0 spiro atoms. The van der Waals surface area contributed by atoms with E-state index in [1.807, 2.05) is 11.8 Å². The average molecular weight is 299 g/mol. The van der Waals surface area contributed by atoms with Crippen molar-refractivity contribution in [2.45, 2.75) is 44.6 Å². The Morgan fingerprint density at radius 3 is 2.50 bits per heavy atom. The van der Waals surface area contributed by atoms with Crippen molar-refractivity contribution in [1.29, 1.82) is 0 Å². The monoisotopic (exact) mass is 299 g/mol. The van der Waals surface area contributed by atoms with Gasteiger partial charge in [0.15, 0.2) is 0 Å². The molecule has 0 aromatic carbocycles. The van der Waals surface area contributed by atoms with Gasteiger partial charge >= 0.3 is 0 Å². The number of carbonyl (C=O) groups is 1. The van der Waals surface area contributed by atoms with E-state index in [-0.39, 0.29) is 5.91 Å². The molecule has 116 valence electrons. The molecule has 5 heteroatoms. The number of thioether (sulfide) groups is 1. The normalized spacial score (nSPS) is 22.4. The highest BCUT2D eigenvalue weighted by Gasteiger charge is 2.14. The smallest absolute Gasteiger partial charge is 0.234 e. The zero-order valence-electron chi connectivity index (χ0n) is 12.5. The number of carbonyl (C=O) groups excluding carboxylic acids is 1. The Bertz CT molecular complexity index is 274. The summed E-state index contributed by atoms with van der Waals surface area (Å²) < 4.78 is 0. The fraction of sp³-hybridized carbons (Fsp3) is 0.933. The summed E-state index contributed by atoms with van der Waals surface area (Å²) in [7, 11) is 0. The van der Waals surface area contributed by atoms with Gasteiger partial charge in [0.1, 0.15) is 0 Å². The molecule has 20 heavy (non-hydrogen) atoms. The van der Waals surface area contributed by atoms with Gasteiger partial charge in [0.25, 0.3) is 0 Å². The summed E-state index contributed by atoms with van der Waals surface area (Å²) in [4.78, 5) is 14.4. The van der Waals surface area contributed by atoms with Crippen LogP contribution in [0.3, 0.4) is 0 Å². The zero-order chi connectivity index (χ0) is 14.0. The van der Waals surface area contributed by atoms with E-state index in [1.54, 1.807) is 0 Å². The van der Waals surface area contributed by atoms with Gasteiger partial charge < -0.3 is 15.5 Å². The van der Waals surface area contributed by atoms with Crippen molar-refractivity contribution >= 4 is 17.7 Å². The maximum absolute atomic E-state index is 11.9. The molecule has 2 rings (SSSR count). The number of amides is 1. The summed E-state index contributed by atoms with van der Waals surface area (Å²) in [6.07, 6.45) is 7.53. The predicted molar refractivity (Wildman–Crippen MR) is 86.3 cm³/mol. The van der Waals surface area contributed by atoms with Crippen LogP contribution in [0.1, 0.15) is 38.5 Å². The molecule has 0 atom stereocenters. The molecule has 4 nitrogen and oxygen atoms in total. The maximum Gasteiger partial charge on any atom is 0.234 e. The number of nitrogens with one attached hydrogen (secondary N) is 2. The van der Waals surface area contributed by atoms with Gasteiger partial charge in [-0.25, -0.2) is 0 Å². The molecular formula is C15H29N3OS. The van der Waals surface area contributed by atoms with Crippen molar-refractivity contribution in [2.75, 3.05) is 44.2 Å². The molecule has 0 bridgehead atoms. The Kier molecular flexibility index (Phi) is 7.76. The average Bonchev–Trinajstić information content (AvgIpc) is 2.73. The van der Waals surface area contributed by atoms with Gasteiger partial charge in [-0.1, -0.05) is 25.7 Å². The minimum absolute atomic E-state index is 0.172. The first-order valence-corrected chi connectivity index (χ1v) is 9.30. The molecule has 2 fully saturated rings. The van der Waals surface area contributed by atoms with Gasteiger partial charge in [0.2, 0.25) is 5.91 Å². The molecule has 1 saturated heterocycles. The van der Waals surface area contributed by atoms with E-state index in [1.165, 1.54) is 50.3 Å². The Balaban J connectivity index is 1.50. The highest BCUT2D eigenvalue weighted by Crippen LogP contribution is 2.16. The van der Waals surface area contributed by atoms with Crippen LogP contribution in [0.4, 0.5) is 0 Å². The molecule has 0 aromatic heterocycles. The second kappa shape index (κ2) is 9.64. The molecule has 1 saturated carbocycles. The maximum atomic E-state index is 11.9. The van der Waals surface area contributed by atoms with Crippen molar-refractivity contribution < 1.29 is 4.79 Å². The lowest BCUT2D eigenvalue weighted by Crippen LogP contribution is -2.43. The van der Waals surface area contributed by atoms with Gasteiger partial charge in [-0.3, -0.25) is 4.79 Å². The van der Waals surface area contributed by atoms with Gasteiger partial charge in [-0.05, 0) is 12.8 Å². The van der Waals surface area contributed by atoms with Crippen molar-refractivity contribution in [3.8, 4) is 0 Å². The third-order valence-electron chi connectivity index (χ3n) is 4.21. The first-order chi connectivity index (χ1) is 9.84. The van der Waals surface area contributed by atoms with E-state index in [0.717, 1.165) is 25.9 Å². The van der Waals surface area contributed by atoms with Crippen LogP contribution in [0.25, 0.3) is 0 Å². The molecule has 1 aliphatic heterocycles. The van der Waals surface area contributed by atoms with Gasteiger partial charge in [0.05, 0.1) is 6.54 Å². The molecule has 1 heterocycles. The van der Waals surface area contributed by atoms with Crippen LogP contribution in [-0.2, 0) is 4.79 Å². The number of hydrogen-bond donors (Lipinski definition) is 2. The summed E-state index contributed by atoms with van der Waals surface area (Å²) >= 11 is 2.04. The van der Waals surface area contributed by atoms with Gasteiger partial charge in [0, 0.05) is 43.7 Å². The Morgan fingerprint density at radius 1 is 1.10 bits per heavy atom. The second-order valence-electron chi connectivity index (χ2n) is 5.89. The third-order valence-corrected chi connectivity index (χ3v) is 5.16. The highest BCUT2D eigenvalue weighted by molar-refractivity contribution is 7.99. The van der Waals surface area contributed by atoms with E-state index in [9.17, 15) is 4.79 Å². The molecule has 0 radical (unpaired) electrons. The lowest BCUT2D eigenvalue weighted by molar-refractivity contribution is -0.121. The minimum atomic E-state index is 0.172. The molecule has 1 aliphatic carbocycles. The lowest BCUT2D eigenvalue weighted by Gasteiger charge is -2.26. The van der Waals surface area contributed by atoms with Crippen molar-refractivity contribution in [2.24, 2.45) is 0 Å². The third kappa shape index (κ3) is 6.46. The first-order valence-electron chi connectivity index (χ1n) is 8.15. The molecule has 2 N–H and O–H groups in total. The van der Waals surface area contributed by atoms with Crippen molar-refractivity contribution in [3.05, 3.63) is 0 Å². The second-order valence-corrected chi connectivity index (χ2v) is 7.11. The summed E-state index contributed by atoms with van der Waals surface area (Å²) in [6.45, 7) is 4.85. The molecule has 2 aliphatic rings. The Morgan fingerprint density at radius 2 is 1.80 bits per heavy atom. The molecule has 1 amide bonds. The van der Waals surface area contributed by atoms with Crippen molar-refractivity contribution in [1.82, 2.24) is 15.5 Å². The summed E-state index contributed by atoms with van der Waals surface area (Å²) in [5.41, 5.74) is 0. The van der Waals surface area contributed by atoms with Crippen molar-refractivity contribution in [3.63, 3.8) is 0 Å². The van der Waals surface area contributed by atoms with Gasteiger partial charge in [-0.15, -0.1) is 0 Å². The van der Waals surface area contributed by atoms with E-state index < -0.39 is 0 Å². The summed E-state index contributed by atoms with van der Waals surface area (Å²) in [6, 6.07) is 0.422. The largest absolute Gasteiger partial charge is 0.352 e.